The number of anilines is 2. The first-order valence-electron chi connectivity index (χ1n) is 12.2. The Morgan fingerprint density at radius 2 is 1.88 bits per heavy atom. The second kappa shape index (κ2) is 12.6. The van der Waals surface area contributed by atoms with Crippen molar-refractivity contribution in [2.24, 2.45) is 5.92 Å². The Kier molecular flexibility index (Phi) is 9.52. The second-order valence-electron chi connectivity index (χ2n) is 8.92. The van der Waals surface area contributed by atoms with Crippen LogP contribution in [-0.4, -0.2) is 70.6 Å². The predicted molar refractivity (Wildman–Crippen MR) is 125 cm³/mol. The average molecular weight is 447 g/mol. The third kappa shape index (κ3) is 7.32. The summed E-state index contributed by atoms with van der Waals surface area (Å²) in [4.78, 5) is 35.9. The van der Waals surface area contributed by atoms with E-state index in [-0.39, 0.29) is 24.5 Å². The molecule has 178 valence electrons. The smallest absolute Gasteiger partial charge is 0.257 e. The molecule has 0 aromatic carbocycles. The van der Waals surface area contributed by atoms with Crippen molar-refractivity contribution in [3.8, 4) is 0 Å². The van der Waals surface area contributed by atoms with Crippen LogP contribution in [0.2, 0.25) is 0 Å². The van der Waals surface area contributed by atoms with E-state index in [1.807, 2.05) is 4.90 Å². The SMILES string of the molecule is CCCCNc1ncc(C(=O)NCC(=O)N2CCCCC2)c(NCC2CCC(O)CC2)n1. The topological polar surface area (TPSA) is 119 Å². The summed E-state index contributed by atoms with van der Waals surface area (Å²) in [6.45, 7) is 5.08. The number of hydrogen-bond donors (Lipinski definition) is 4. The van der Waals surface area contributed by atoms with E-state index in [0.29, 0.717) is 29.8 Å². The lowest BCUT2D eigenvalue weighted by atomic mass is 9.87. The zero-order valence-electron chi connectivity index (χ0n) is 19.2. The molecule has 4 N–H and O–H groups in total. The molecule has 1 saturated heterocycles. The van der Waals surface area contributed by atoms with Crippen LogP contribution in [0.15, 0.2) is 6.20 Å². The van der Waals surface area contributed by atoms with Gasteiger partial charge in [-0.05, 0) is 57.3 Å². The number of carbonyl (C=O) groups is 2. The summed E-state index contributed by atoms with van der Waals surface area (Å²) in [6.07, 6.45) is 10.1. The van der Waals surface area contributed by atoms with Crippen LogP contribution >= 0.6 is 0 Å². The van der Waals surface area contributed by atoms with Gasteiger partial charge in [-0.25, -0.2) is 4.98 Å². The summed E-state index contributed by atoms with van der Waals surface area (Å²) in [6, 6.07) is 0. The summed E-state index contributed by atoms with van der Waals surface area (Å²) in [5, 5.41) is 19.0. The van der Waals surface area contributed by atoms with E-state index >= 15 is 0 Å². The van der Waals surface area contributed by atoms with Crippen molar-refractivity contribution in [1.29, 1.82) is 0 Å². The van der Waals surface area contributed by atoms with Gasteiger partial charge in [0.1, 0.15) is 11.4 Å². The third-order valence-corrected chi connectivity index (χ3v) is 6.33. The molecule has 32 heavy (non-hydrogen) atoms. The lowest BCUT2D eigenvalue weighted by Gasteiger charge is -2.27. The van der Waals surface area contributed by atoms with Crippen LogP contribution in [-0.2, 0) is 4.79 Å². The number of carbonyl (C=O) groups excluding carboxylic acids is 2. The molecule has 0 atom stereocenters. The van der Waals surface area contributed by atoms with Crippen molar-refractivity contribution in [2.75, 3.05) is 43.4 Å². The Morgan fingerprint density at radius 3 is 2.59 bits per heavy atom. The number of nitrogens with zero attached hydrogens (tertiary/aromatic N) is 3. The minimum Gasteiger partial charge on any atom is -0.393 e. The number of unbranched alkanes of at least 4 members (excludes halogenated alkanes) is 1. The second-order valence-corrected chi connectivity index (χ2v) is 8.92. The molecule has 1 saturated carbocycles. The number of hydrogen-bond acceptors (Lipinski definition) is 7. The lowest BCUT2D eigenvalue weighted by molar-refractivity contribution is -0.130. The Bertz CT molecular complexity index is 745. The molecule has 9 heteroatoms. The van der Waals surface area contributed by atoms with Gasteiger partial charge in [-0.3, -0.25) is 9.59 Å². The van der Waals surface area contributed by atoms with Crippen molar-refractivity contribution < 1.29 is 14.7 Å². The zero-order chi connectivity index (χ0) is 22.8. The van der Waals surface area contributed by atoms with E-state index in [4.69, 9.17) is 0 Å². The van der Waals surface area contributed by atoms with E-state index in [0.717, 1.165) is 77.4 Å². The highest BCUT2D eigenvalue weighted by molar-refractivity contribution is 6.00. The van der Waals surface area contributed by atoms with Gasteiger partial charge in [0.05, 0.1) is 12.6 Å². The first-order chi connectivity index (χ1) is 15.6. The van der Waals surface area contributed by atoms with Crippen LogP contribution in [0.1, 0.15) is 75.1 Å². The fourth-order valence-corrected chi connectivity index (χ4v) is 4.24. The van der Waals surface area contributed by atoms with Gasteiger partial charge in [0.15, 0.2) is 0 Å². The van der Waals surface area contributed by atoms with Crippen LogP contribution in [0, 0.1) is 5.92 Å². The first-order valence-corrected chi connectivity index (χ1v) is 12.2. The third-order valence-electron chi connectivity index (χ3n) is 6.33. The van der Waals surface area contributed by atoms with E-state index < -0.39 is 0 Å². The van der Waals surface area contributed by atoms with Crippen LogP contribution in [0.25, 0.3) is 0 Å². The van der Waals surface area contributed by atoms with Gasteiger partial charge in [0.2, 0.25) is 11.9 Å². The van der Waals surface area contributed by atoms with Gasteiger partial charge in [-0.1, -0.05) is 13.3 Å². The van der Waals surface area contributed by atoms with Gasteiger partial charge in [-0.2, -0.15) is 4.98 Å². The molecule has 3 rings (SSSR count). The van der Waals surface area contributed by atoms with Gasteiger partial charge in [-0.15, -0.1) is 0 Å². The Morgan fingerprint density at radius 1 is 1.12 bits per heavy atom. The fourth-order valence-electron chi connectivity index (χ4n) is 4.24. The number of aromatic nitrogens is 2. The zero-order valence-corrected chi connectivity index (χ0v) is 19.2. The molecule has 9 nitrogen and oxygen atoms in total. The molecular formula is C23H38N6O3. The number of piperidine rings is 1. The van der Waals surface area contributed by atoms with Crippen molar-refractivity contribution in [3.63, 3.8) is 0 Å². The molecule has 0 bridgehead atoms. The first kappa shape index (κ1) is 24.2. The molecular weight excluding hydrogens is 408 g/mol. The van der Waals surface area contributed by atoms with E-state index in [2.05, 4.69) is 32.8 Å². The molecule has 0 radical (unpaired) electrons. The lowest BCUT2D eigenvalue weighted by Crippen LogP contribution is -2.42. The predicted octanol–water partition coefficient (Wildman–Crippen LogP) is 2.39. The maximum absolute atomic E-state index is 12.9. The highest BCUT2D eigenvalue weighted by atomic mass is 16.3. The Hall–Kier alpha value is -2.42. The van der Waals surface area contributed by atoms with Gasteiger partial charge < -0.3 is 26.0 Å². The number of aliphatic hydroxyl groups excluding tert-OH is 1. The molecule has 0 unspecified atom stereocenters. The van der Waals surface area contributed by atoms with Crippen molar-refractivity contribution >= 4 is 23.6 Å². The van der Waals surface area contributed by atoms with Crippen LogP contribution in [0.4, 0.5) is 11.8 Å². The van der Waals surface area contributed by atoms with Crippen molar-refractivity contribution in [1.82, 2.24) is 20.2 Å². The molecule has 2 amide bonds. The van der Waals surface area contributed by atoms with Crippen LogP contribution < -0.4 is 16.0 Å². The largest absolute Gasteiger partial charge is 0.393 e. The summed E-state index contributed by atoms with van der Waals surface area (Å²) in [5.74, 6) is 1.000. The standard InChI is InChI=1S/C23H38N6O3/c1-2-3-11-24-23-27-15-19(21(28-23)25-14-17-7-9-18(30)10-8-17)22(32)26-16-20(31)29-12-5-4-6-13-29/h15,17-18,30H,2-14,16H2,1H3,(H,26,32)(H2,24,25,27,28). The van der Waals surface area contributed by atoms with E-state index in [9.17, 15) is 14.7 Å². The quantitative estimate of drug-likeness (QED) is 0.407. The molecule has 0 spiro atoms. The number of nitrogens with one attached hydrogen (secondary N) is 3. The maximum atomic E-state index is 12.9. The molecule has 2 heterocycles. The molecule has 1 aromatic rings. The highest BCUT2D eigenvalue weighted by Gasteiger charge is 2.22. The van der Waals surface area contributed by atoms with Crippen molar-refractivity contribution in [3.05, 3.63) is 11.8 Å². The highest BCUT2D eigenvalue weighted by Crippen LogP contribution is 2.25. The minimum absolute atomic E-state index is 0.0186. The number of amides is 2. The van der Waals surface area contributed by atoms with Gasteiger partial charge in [0.25, 0.3) is 5.91 Å². The normalized spacial score (nSPS) is 21.1. The monoisotopic (exact) mass is 446 g/mol. The van der Waals surface area contributed by atoms with Gasteiger partial charge >= 0.3 is 0 Å². The molecule has 1 aliphatic heterocycles. The maximum Gasteiger partial charge on any atom is 0.257 e. The Labute approximate surface area is 190 Å². The van der Waals surface area contributed by atoms with E-state index in [1.54, 1.807) is 0 Å². The average Bonchev–Trinajstić information content (AvgIpc) is 2.83. The summed E-state index contributed by atoms with van der Waals surface area (Å²) >= 11 is 0. The molecule has 1 aromatic heterocycles. The number of likely N-dealkylation sites (tertiary alicyclic amines) is 1. The van der Waals surface area contributed by atoms with Crippen LogP contribution in [0.5, 0.6) is 0 Å². The minimum atomic E-state index is -0.350. The fraction of sp³-hybridized carbons (Fsp3) is 0.739. The summed E-state index contributed by atoms with van der Waals surface area (Å²) < 4.78 is 0. The molecule has 1 aliphatic carbocycles. The Balaban J connectivity index is 1.62. The van der Waals surface area contributed by atoms with E-state index in [1.165, 1.54) is 6.20 Å². The molecule has 2 fully saturated rings. The van der Waals surface area contributed by atoms with Crippen LogP contribution in [0.3, 0.4) is 0 Å². The van der Waals surface area contributed by atoms with Gasteiger partial charge in [0, 0.05) is 32.4 Å². The number of aliphatic hydroxyl groups is 1. The molecule has 2 aliphatic rings. The number of rotatable bonds is 10. The summed E-state index contributed by atoms with van der Waals surface area (Å²) in [5.41, 5.74) is 0.341. The van der Waals surface area contributed by atoms with Crippen molar-refractivity contribution in [2.45, 2.75) is 70.8 Å². The summed E-state index contributed by atoms with van der Waals surface area (Å²) in [7, 11) is 0.